The monoisotopic (exact) mass is 342 g/mol. The van der Waals surface area contributed by atoms with Gasteiger partial charge in [0, 0.05) is 42.6 Å². The lowest BCUT2D eigenvalue weighted by Gasteiger charge is -2.32. The number of aryl methyl sites for hydroxylation is 2. The molecule has 2 fully saturated rings. The smallest absolute Gasteiger partial charge is 0.293 e. The van der Waals surface area contributed by atoms with Gasteiger partial charge >= 0.3 is 0 Å². The second-order valence-corrected chi connectivity index (χ2v) is 7.65. The molecule has 4 heterocycles. The molecule has 0 saturated carbocycles. The summed E-state index contributed by atoms with van der Waals surface area (Å²) in [5.41, 5.74) is 1.83. The average Bonchev–Trinajstić information content (AvgIpc) is 3.07. The van der Waals surface area contributed by atoms with E-state index in [2.05, 4.69) is 33.8 Å². The molecular weight excluding hydrogens is 316 g/mol. The van der Waals surface area contributed by atoms with Crippen molar-refractivity contribution in [1.29, 1.82) is 0 Å². The quantitative estimate of drug-likeness (QED) is 0.833. The number of carbonyl (C=O) groups excluding carboxylic acids is 1. The summed E-state index contributed by atoms with van der Waals surface area (Å²) in [6.45, 7) is 9.94. The Labute approximate surface area is 148 Å². The first-order chi connectivity index (χ1) is 11.9. The highest BCUT2D eigenvalue weighted by Crippen LogP contribution is 2.32. The third-order valence-electron chi connectivity index (χ3n) is 5.53. The number of hydrogen-bond donors (Lipinski definition) is 0. The maximum absolute atomic E-state index is 13.0. The van der Waals surface area contributed by atoms with Gasteiger partial charge in [-0.2, -0.15) is 4.98 Å². The maximum Gasteiger partial charge on any atom is 0.293 e. The molecule has 7 heteroatoms. The molecule has 4 rings (SSSR count). The van der Waals surface area contributed by atoms with Gasteiger partial charge in [-0.15, -0.1) is 5.10 Å². The van der Waals surface area contributed by atoms with Gasteiger partial charge in [-0.3, -0.25) is 9.69 Å². The highest BCUT2D eigenvalue weighted by atomic mass is 16.2. The summed E-state index contributed by atoms with van der Waals surface area (Å²) in [5.74, 6) is 0.690. The predicted molar refractivity (Wildman–Crippen MR) is 94.6 cm³/mol. The van der Waals surface area contributed by atoms with Crippen molar-refractivity contribution in [1.82, 2.24) is 29.4 Å². The highest BCUT2D eigenvalue weighted by molar-refractivity contribution is 5.91. The minimum absolute atomic E-state index is 0.0705. The number of rotatable bonds is 2. The molecule has 0 spiro atoms. The molecule has 25 heavy (non-hydrogen) atoms. The molecule has 1 amide bonds. The number of aromatic nitrogens is 4. The van der Waals surface area contributed by atoms with Crippen LogP contribution in [-0.2, 0) is 0 Å². The number of fused-ring (bicyclic) bond motifs is 3. The zero-order valence-corrected chi connectivity index (χ0v) is 15.4. The van der Waals surface area contributed by atoms with Gasteiger partial charge in [-0.05, 0) is 53.0 Å². The van der Waals surface area contributed by atoms with E-state index in [1.54, 1.807) is 4.52 Å². The molecule has 2 atom stereocenters. The summed E-state index contributed by atoms with van der Waals surface area (Å²) >= 11 is 0. The lowest BCUT2D eigenvalue weighted by Crippen LogP contribution is -2.44. The SMILES string of the molecule is Cc1cc(C)n2nc(C(=O)N3CC[C@H]4CC[C@@H](C3)N4C(C)C)nc2n1. The van der Waals surface area contributed by atoms with Gasteiger partial charge < -0.3 is 4.90 Å². The second kappa shape index (κ2) is 6.05. The Morgan fingerprint density at radius 1 is 1.16 bits per heavy atom. The average molecular weight is 342 g/mol. The van der Waals surface area contributed by atoms with Crippen LogP contribution < -0.4 is 0 Å². The molecule has 2 aromatic rings. The van der Waals surface area contributed by atoms with Crippen LogP contribution in [-0.4, -0.2) is 66.5 Å². The summed E-state index contributed by atoms with van der Waals surface area (Å²) in [5, 5.41) is 4.41. The van der Waals surface area contributed by atoms with Gasteiger partial charge in [0.15, 0.2) is 0 Å². The lowest BCUT2D eigenvalue weighted by atomic mass is 10.1. The molecule has 2 saturated heterocycles. The van der Waals surface area contributed by atoms with E-state index in [9.17, 15) is 4.79 Å². The number of nitrogens with zero attached hydrogens (tertiary/aromatic N) is 6. The molecule has 0 N–H and O–H groups in total. The predicted octanol–water partition coefficient (Wildman–Crippen LogP) is 1.83. The summed E-state index contributed by atoms with van der Waals surface area (Å²) in [4.78, 5) is 26.3. The van der Waals surface area contributed by atoms with Gasteiger partial charge in [0.1, 0.15) is 0 Å². The molecule has 2 aliphatic heterocycles. The lowest BCUT2D eigenvalue weighted by molar-refractivity contribution is 0.0716. The van der Waals surface area contributed by atoms with Crippen molar-refractivity contribution in [3.05, 3.63) is 23.3 Å². The summed E-state index contributed by atoms with van der Waals surface area (Å²) in [6.07, 6.45) is 3.45. The minimum Gasteiger partial charge on any atom is -0.334 e. The van der Waals surface area contributed by atoms with Crippen LogP contribution in [0.5, 0.6) is 0 Å². The van der Waals surface area contributed by atoms with Crippen molar-refractivity contribution < 1.29 is 4.79 Å². The zero-order valence-electron chi connectivity index (χ0n) is 15.4. The number of hydrogen-bond acceptors (Lipinski definition) is 5. The fraction of sp³-hybridized carbons (Fsp3) is 0.667. The largest absolute Gasteiger partial charge is 0.334 e. The Balaban J connectivity index is 1.60. The van der Waals surface area contributed by atoms with E-state index in [4.69, 9.17) is 0 Å². The molecule has 0 aromatic carbocycles. The first kappa shape index (κ1) is 16.4. The molecule has 7 nitrogen and oxygen atoms in total. The van der Waals surface area contributed by atoms with Crippen LogP contribution >= 0.6 is 0 Å². The van der Waals surface area contributed by atoms with Crippen LogP contribution in [0.2, 0.25) is 0 Å². The van der Waals surface area contributed by atoms with Crippen molar-refractivity contribution in [3.63, 3.8) is 0 Å². The van der Waals surface area contributed by atoms with E-state index in [1.165, 1.54) is 12.8 Å². The topological polar surface area (TPSA) is 66.6 Å². The first-order valence-electron chi connectivity index (χ1n) is 9.22. The molecule has 0 unspecified atom stereocenters. The van der Waals surface area contributed by atoms with E-state index < -0.39 is 0 Å². The zero-order chi connectivity index (χ0) is 17.7. The van der Waals surface area contributed by atoms with Gasteiger partial charge in [0.25, 0.3) is 11.7 Å². The third kappa shape index (κ3) is 2.80. The van der Waals surface area contributed by atoms with Crippen molar-refractivity contribution in [2.45, 2.75) is 65.1 Å². The van der Waals surface area contributed by atoms with Crippen molar-refractivity contribution in [3.8, 4) is 0 Å². The van der Waals surface area contributed by atoms with Crippen molar-refractivity contribution >= 4 is 11.7 Å². The van der Waals surface area contributed by atoms with Crippen LogP contribution in [0.25, 0.3) is 5.78 Å². The maximum atomic E-state index is 13.0. The Bertz CT molecular complexity index is 813. The van der Waals surface area contributed by atoms with Gasteiger partial charge in [-0.1, -0.05) is 0 Å². The summed E-state index contributed by atoms with van der Waals surface area (Å²) in [6, 6.07) is 3.52. The standard InChI is InChI=1S/C18H26N6O/c1-11(2)23-14-5-6-15(23)10-22(8-7-14)17(25)16-20-18-19-12(3)9-13(4)24(18)21-16/h9,11,14-15H,5-8,10H2,1-4H3/t14-,15+/m1/s1. The Morgan fingerprint density at radius 2 is 1.92 bits per heavy atom. The van der Waals surface area contributed by atoms with E-state index >= 15 is 0 Å². The fourth-order valence-electron chi connectivity index (χ4n) is 4.54. The molecule has 0 radical (unpaired) electrons. The number of amides is 1. The van der Waals surface area contributed by atoms with Crippen LogP contribution in [0.3, 0.4) is 0 Å². The van der Waals surface area contributed by atoms with Gasteiger partial charge in [-0.25, -0.2) is 9.50 Å². The second-order valence-electron chi connectivity index (χ2n) is 7.65. The normalized spacial score (nSPS) is 24.3. The molecule has 2 bridgehead atoms. The number of likely N-dealkylation sites (tertiary alicyclic amines) is 1. The van der Waals surface area contributed by atoms with E-state index in [1.807, 2.05) is 24.8 Å². The highest BCUT2D eigenvalue weighted by Gasteiger charge is 2.40. The van der Waals surface area contributed by atoms with Crippen molar-refractivity contribution in [2.24, 2.45) is 0 Å². The fourth-order valence-corrected chi connectivity index (χ4v) is 4.54. The Hall–Kier alpha value is -2.02. The van der Waals surface area contributed by atoms with E-state index in [0.29, 0.717) is 23.9 Å². The first-order valence-corrected chi connectivity index (χ1v) is 9.22. The van der Waals surface area contributed by atoms with Crippen LogP contribution in [0.15, 0.2) is 6.07 Å². The van der Waals surface area contributed by atoms with Gasteiger partial charge in [0.05, 0.1) is 0 Å². The van der Waals surface area contributed by atoms with Crippen LogP contribution in [0, 0.1) is 13.8 Å². The Morgan fingerprint density at radius 3 is 2.68 bits per heavy atom. The van der Waals surface area contributed by atoms with Crippen LogP contribution in [0.4, 0.5) is 0 Å². The van der Waals surface area contributed by atoms with E-state index in [0.717, 1.165) is 30.9 Å². The number of carbonyl (C=O) groups is 1. The Kier molecular flexibility index (Phi) is 3.98. The minimum atomic E-state index is -0.0705. The van der Waals surface area contributed by atoms with Gasteiger partial charge in [0.2, 0.25) is 5.82 Å². The molecule has 2 aromatic heterocycles. The molecule has 134 valence electrons. The molecular formula is C18H26N6O. The van der Waals surface area contributed by atoms with E-state index in [-0.39, 0.29) is 11.7 Å². The summed E-state index contributed by atoms with van der Waals surface area (Å²) in [7, 11) is 0. The third-order valence-corrected chi connectivity index (χ3v) is 5.53. The summed E-state index contributed by atoms with van der Waals surface area (Å²) < 4.78 is 1.66. The molecule has 2 aliphatic rings. The molecule has 0 aliphatic carbocycles. The van der Waals surface area contributed by atoms with Crippen molar-refractivity contribution in [2.75, 3.05) is 13.1 Å². The van der Waals surface area contributed by atoms with Crippen LogP contribution in [0.1, 0.15) is 55.1 Å².